The molecule has 0 aromatic rings. The van der Waals surface area contributed by atoms with Crippen molar-refractivity contribution in [1.82, 2.24) is 0 Å². The molecule has 0 aliphatic heterocycles. The molecule has 0 spiro atoms. The number of rotatable bonds is 2. The topological polar surface area (TPSA) is 37.3 Å². The van der Waals surface area contributed by atoms with Crippen LogP contribution in [-0.4, -0.2) is 11.1 Å². The van der Waals surface area contributed by atoms with Crippen LogP contribution in [0.3, 0.4) is 0 Å². The van der Waals surface area contributed by atoms with Crippen LogP contribution in [0.25, 0.3) is 0 Å². The molecule has 0 aromatic heterocycles. The summed E-state index contributed by atoms with van der Waals surface area (Å²) < 4.78 is 0. The van der Waals surface area contributed by atoms with Crippen molar-refractivity contribution in [1.29, 1.82) is 0 Å². The van der Waals surface area contributed by atoms with Gasteiger partial charge in [-0.05, 0) is 36.5 Å². The molecular formula is C12H18O2. The third-order valence-electron chi connectivity index (χ3n) is 3.99. The van der Waals surface area contributed by atoms with Gasteiger partial charge in [0.25, 0.3) is 0 Å². The lowest BCUT2D eigenvalue weighted by molar-refractivity contribution is -0.139. The molecule has 1 unspecified atom stereocenters. The molecule has 1 N–H and O–H groups in total. The molecule has 78 valence electrons. The van der Waals surface area contributed by atoms with E-state index in [1.807, 2.05) is 0 Å². The zero-order valence-electron chi connectivity index (χ0n) is 8.86. The summed E-state index contributed by atoms with van der Waals surface area (Å²) in [6.07, 6.45) is 7.80. The number of carbonyl (C=O) groups is 1. The fraction of sp³-hybridized carbons (Fsp3) is 0.750. The molecule has 0 radical (unpaired) electrons. The van der Waals surface area contributed by atoms with Gasteiger partial charge in [-0.2, -0.15) is 0 Å². The highest BCUT2D eigenvalue weighted by Crippen LogP contribution is 2.63. The van der Waals surface area contributed by atoms with Crippen LogP contribution in [0, 0.1) is 23.2 Å². The van der Waals surface area contributed by atoms with Gasteiger partial charge >= 0.3 is 5.97 Å². The van der Waals surface area contributed by atoms with Crippen LogP contribution in [0.5, 0.6) is 0 Å². The Balaban J connectivity index is 2.06. The number of aliphatic carboxylic acids is 1. The molecular weight excluding hydrogens is 176 g/mol. The first kappa shape index (κ1) is 9.75. The maximum atomic E-state index is 11.0. The summed E-state index contributed by atoms with van der Waals surface area (Å²) in [4.78, 5) is 11.0. The van der Waals surface area contributed by atoms with Crippen molar-refractivity contribution < 1.29 is 9.90 Å². The van der Waals surface area contributed by atoms with Crippen molar-refractivity contribution >= 4 is 5.97 Å². The normalized spacial score (nSPS) is 39.4. The SMILES string of the molecule is CC1(C)[C@H](C(=O)O)[C@H]1C1CC=CCC1. The van der Waals surface area contributed by atoms with Gasteiger partial charge in [0.15, 0.2) is 0 Å². The Bertz CT molecular complexity index is 278. The fourth-order valence-electron chi connectivity index (χ4n) is 3.17. The lowest BCUT2D eigenvalue weighted by atomic mass is 9.87. The molecule has 1 saturated carbocycles. The van der Waals surface area contributed by atoms with Crippen molar-refractivity contribution in [3.05, 3.63) is 12.2 Å². The second kappa shape index (κ2) is 3.11. The maximum absolute atomic E-state index is 11.0. The summed E-state index contributed by atoms with van der Waals surface area (Å²) in [5.41, 5.74) is 0.0294. The molecule has 1 fully saturated rings. The monoisotopic (exact) mass is 194 g/mol. The van der Waals surface area contributed by atoms with Crippen LogP contribution in [-0.2, 0) is 4.79 Å². The highest BCUT2D eigenvalue weighted by molar-refractivity contribution is 5.75. The van der Waals surface area contributed by atoms with Gasteiger partial charge in [-0.15, -0.1) is 0 Å². The molecule has 2 nitrogen and oxygen atoms in total. The molecule has 3 atom stereocenters. The van der Waals surface area contributed by atoms with Gasteiger partial charge in [-0.25, -0.2) is 0 Å². The predicted molar refractivity (Wildman–Crippen MR) is 54.9 cm³/mol. The number of carboxylic acid groups (broad SMARTS) is 1. The molecule has 0 bridgehead atoms. The molecule has 2 aliphatic carbocycles. The molecule has 2 heteroatoms. The number of carboxylic acids is 1. The third kappa shape index (κ3) is 1.37. The summed E-state index contributed by atoms with van der Waals surface area (Å²) in [5.74, 6) is 0.314. The molecule has 0 heterocycles. The van der Waals surface area contributed by atoms with Gasteiger partial charge in [-0.1, -0.05) is 26.0 Å². The lowest BCUT2D eigenvalue weighted by Crippen LogP contribution is -2.10. The van der Waals surface area contributed by atoms with Crippen LogP contribution in [0.1, 0.15) is 33.1 Å². The van der Waals surface area contributed by atoms with E-state index >= 15 is 0 Å². The third-order valence-corrected chi connectivity index (χ3v) is 3.99. The Morgan fingerprint density at radius 2 is 2.14 bits per heavy atom. The standard InChI is InChI=1S/C12H18O2/c1-12(2)9(10(12)11(13)14)8-6-4-3-5-7-8/h3-4,8-10H,5-7H2,1-2H3,(H,13,14)/t8?,9-,10+/m1/s1. The lowest BCUT2D eigenvalue weighted by Gasteiger charge is -2.18. The average molecular weight is 194 g/mol. The molecule has 0 amide bonds. The minimum absolute atomic E-state index is 0.0294. The molecule has 2 rings (SSSR count). The maximum Gasteiger partial charge on any atom is 0.307 e. The van der Waals surface area contributed by atoms with Crippen molar-refractivity contribution in [3.63, 3.8) is 0 Å². The van der Waals surface area contributed by atoms with E-state index in [1.54, 1.807) is 0 Å². The van der Waals surface area contributed by atoms with E-state index in [1.165, 1.54) is 6.42 Å². The largest absolute Gasteiger partial charge is 0.481 e. The summed E-state index contributed by atoms with van der Waals surface area (Å²) in [6.45, 7) is 4.18. The number of allylic oxidation sites excluding steroid dienone is 2. The molecule has 0 saturated heterocycles. The molecule has 0 aromatic carbocycles. The van der Waals surface area contributed by atoms with E-state index < -0.39 is 5.97 Å². The van der Waals surface area contributed by atoms with Crippen molar-refractivity contribution in [2.75, 3.05) is 0 Å². The Morgan fingerprint density at radius 1 is 1.43 bits per heavy atom. The summed E-state index contributed by atoms with van der Waals surface area (Å²) in [5, 5.41) is 9.07. The van der Waals surface area contributed by atoms with Gasteiger partial charge < -0.3 is 5.11 Å². The first-order valence-electron chi connectivity index (χ1n) is 5.43. The summed E-state index contributed by atoms with van der Waals surface area (Å²) >= 11 is 0. The van der Waals surface area contributed by atoms with Gasteiger partial charge in [-0.3, -0.25) is 4.79 Å². The second-order valence-electron chi connectivity index (χ2n) is 5.21. The van der Waals surface area contributed by atoms with Crippen LogP contribution in [0.4, 0.5) is 0 Å². The van der Waals surface area contributed by atoms with E-state index in [0.717, 1.165) is 12.8 Å². The Kier molecular flexibility index (Phi) is 2.17. The minimum Gasteiger partial charge on any atom is -0.481 e. The number of hydrogen-bond acceptors (Lipinski definition) is 1. The van der Waals surface area contributed by atoms with Crippen molar-refractivity contribution in [2.24, 2.45) is 23.2 Å². The van der Waals surface area contributed by atoms with Crippen molar-refractivity contribution in [2.45, 2.75) is 33.1 Å². The Morgan fingerprint density at radius 3 is 2.57 bits per heavy atom. The fourth-order valence-corrected chi connectivity index (χ4v) is 3.17. The Hall–Kier alpha value is -0.790. The summed E-state index contributed by atoms with van der Waals surface area (Å²) in [6, 6.07) is 0. The van der Waals surface area contributed by atoms with E-state index in [-0.39, 0.29) is 11.3 Å². The van der Waals surface area contributed by atoms with Gasteiger partial charge in [0.05, 0.1) is 5.92 Å². The Labute approximate surface area is 85.0 Å². The van der Waals surface area contributed by atoms with Crippen LogP contribution in [0.2, 0.25) is 0 Å². The van der Waals surface area contributed by atoms with E-state index in [0.29, 0.717) is 11.8 Å². The smallest absolute Gasteiger partial charge is 0.307 e. The second-order valence-corrected chi connectivity index (χ2v) is 5.21. The van der Waals surface area contributed by atoms with Crippen LogP contribution >= 0.6 is 0 Å². The van der Waals surface area contributed by atoms with Gasteiger partial charge in [0.2, 0.25) is 0 Å². The van der Waals surface area contributed by atoms with Crippen LogP contribution in [0.15, 0.2) is 12.2 Å². The molecule has 14 heavy (non-hydrogen) atoms. The molecule has 2 aliphatic rings. The van der Waals surface area contributed by atoms with Gasteiger partial charge in [0, 0.05) is 0 Å². The quantitative estimate of drug-likeness (QED) is 0.686. The van der Waals surface area contributed by atoms with E-state index in [9.17, 15) is 4.79 Å². The average Bonchev–Trinajstić information content (AvgIpc) is 2.71. The van der Waals surface area contributed by atoms with E-state index in [2.05, 4.69) is 26.0 Å². The highest BCUT2D eigenvalue weighted by atomic mass is 16.4. The number of hydrogen-bond donors (Lipinski definition) is 1. The minimum atomic E-state index is -0.602. The van der Waals surface area contributed by atoms with E-state index in [4.69, 9.17) is 5.11 Å². The first-order valence-corrected chi connectivity index (χ1v) is 5.43. The first-order chi connectivity index (χ1) is 6.55. The zero-order valence-corrected chi connectivity index (χ0v) is 8.86. The highest BCUT2D eigenvalue weighted by Gasteiger charge is 2.64. The van der Waals surface area contributed by atoms with Crippen LogP contribution < -0.4 is 0 Å². The van der Waals surface area contributed by atoms with Gasteiger partial charge in [0.1, 0.15) is 0 Å². The predicted octanol–water partition coefficient (Wildman–Crippen LogP) is 2.70. The zero-order chi connectivity index (χ0) is 10.3. The van der Waals surface area contributed by atoms with Crippen molar-refractivity contribution in [3.8, 4) is 0 Å². The summed E-state index contributed by atoms with van der Waals surface area (Å²) in [7, 11) is 0.